The Kier molecular flexibility index (Phi) is 2.92. The third kappa shape index (κ3) is 1.76. The molecular weight excluding hydrogens is 230 g/mol. The first kappa shape index (κ1) is 11.8. The second-order valence-electron chi connectivity index (χ2n) is 5.73. The molecule has 2 amide bonds. The van der Waals surface area contributed by atoms with E-state index in [1.165, 1.54) is 24.2 Å². The maximum atomic E-state index is 12.3. The van der Waals surface area contributed by atoms with Gasteiger partial charge in [0.05, 0.1) is 12.0 Å². The van der Waals surface area contributed by atoms with Crippen LogP contribution in [0.2, 0.25) is 0 Å². The van der Waals surface area contributed by atoms with Crippen LogP contribution < -0.4 is 0 Å². The van der Waals surface area contributed by atoms with E-state index in [4.69, 9.17) is 0 Å². The number of carbonyl (C=O) groups excluding carboxylic acids is 2. The zero-order chi connectivity index (χ0) is 12.7. The molecule has 2 heterocycles. The molecule has 3 aliphatic rings. The highest BCUT2D eigenvalue weighted by molar-refractivity contribution is 6.07. The molecule has 3 atom stereocenters. The van der Waals surface area contributed by atoms with Gasteiger partial charge in [-0.2, -0.15) is 10.2 Å². The molecule has 0 bridgehead atoms. The summed E-state index contributed by atoms with van der Waals surface area (Å²) in [5, 5.41) is 7.93. The van der Waals surface area contributed by atoms with Crippen molar-refractivity contribution in [3.63, 3.8) is 0 Å². The zero-order valence-corrected chi connectivity index (χ0v) is 10.7. The second kappa shape index (κ2) is 4.44. The molecule has 3 rings (SSSR count). The lowest BCUT2D eigenvalue weighted by atomic mass is 9.89. The lowest BCUT2D eigenvalue weighted by molar-refractivity contribution is -0.140. The van der Waals surface area contributed by atoms with Gasteiger partial charge in [-0.15, -0.1) is 0 Å². The molecule has 5 nitrogen and oxygen atoms in total. The van der Waals surface area contributed by atoms with Crippen molar-refractivity contribution in [1.82, 2.24) is 4.90 Å². The molecule has 0 aromatic rings. The summed E-state index contributed by atoms with van der Waals surface area (Å²) in [6.45, 7) is 2.47. The SMILES string of the molecule is C[C@@H]1N=N[C@@H]2C(=O)N(CC3CCCCC3)C(=O)[C@H]12. The van der Waals surface area contributed by atoms with Crippen LogP contribution in [0.4, 0.5) is 0 Å². The Bertz CT molecular complexity index is 401. The van der Waals surface area contributed by atoms with E-state index in [0.717, 1.165) is 12.8 Å². The van der Waals surface area contributed by atoms with Gasteiger partial charge < -0.3 is 0 Å². The molecule has 2 fully saturated rings. The quantitative estimate of drug-likeness (QED) is 0.700. The van der Waals surface area contributed by atoms with Crippen LogP contribution in [0.15, 0.2) is 10.2 Å². The van der Waals surface area contributed by atoms with Gasteiger partial charge in [0.15, 0.2) is 6.04 Å². The smallest absolute Gasteiger partial charge is 0.256 e. The number of amides is 2. The minimum absolute atomic E-state index is 0.0481. The summed E-state index contributed by atoms with van der Waals surface area (Å²) >= 11 is 0. The number of nitrogens with zero attached hydrogens (tertiary/aromatic N) is 3. The van der Waals surface area contributed by atoms with E-state index in [1.54, 1.807) is 0 Å². The van der Waals surface area contributed by atoms with Gasteiger partial charge in [0, 0.05) is 6.54 Å². The summed E-state index contributed by atoms with van der Waals surface area (Å²) in [5.41, 5.74) is 0. The Hall–Kier alpha value is -1.26. The highest BCUT2D eigenvalue weighted by atomic mass is 16.2. The van der Waals surface area contributed by atoms with Crippen molar-refractivity contribution < 1.29 is 9.59 Å². The molecule has 1 saturated heterocycles. The van der Waals surface area contributed by atoms with E-state index >= 15 is 0 Å². The summed E-state index contributed by atoms with van der Waals surface area (Å²) in [7, 11) is 0. The molecule has 0 aromatic heterocycles. The topological polar surface area (TPSA) is 62.1 Å². The highest BCUT2D eigenvalue weighted by Crippen LogP contribution is 2.34. The number of fused-ring (bicyclic) bond motifs is 1. The molecule has 1 aliphatic carbocycles. The normalized spacial score (nSPS) is 36.5. The highest BCUT2D eigenvalue weighted by Gasteiger charge is 2.53. The number of azo groups is 1. The molecule has 2 aliphatic heterocycles. The predicted octanol–water partition coefficient (Wildman–Crippen LogP) is 1.77. The first-order valence-electron chi connectivity index (χ1n) is 6.93. The van der Waals surface area contributed by atoms with Crippen LogP contribution in [0.25, 0.3) is 0 Å². The number of carbonyl (C=O) groups is 2. The summed E-state index contributed by atoms with van der Waals surface area (Å²) in [5.74, 6) is 0.00978. The van der Waals surface area contributed by atoms with Crippen molar-refractivity contribution in [1.29, 1.82) is 0 Å². The maximum absolute atomic E-state index is 12.3. The van der Waals surface area contributed by atoms with E-state index in [1.807, 2.05) is 6.92 Å². The van der Waals surface area contributed by atoms with Gasteiger partial charge in [0.1, 0.15) is 0 Å². The van der Waals surface area contributed by atoms with Crippen LogP contribution >= 0.6 is 0 Å². The number of imide groups is 1. The zero-order valence-electron chi connectivity index (χ0n) is 10.7. The molecular formula is C13H19N3O2. The summed E-state index contributed by atoms with van der Waals surface area (Å²) in [6, 6.07) is -0.654. The fourth-order valence-electron chi connectivity index (χ4n) is 3.38. The number of rotatable bonds is 2. The van der Waals surface area contributed by atoms with Crippen LogP contribution in [0.3, 0.4) is 0 Å². The molecule has 18 heavy (non-hydrogen) atoms. The summed E-state index contributed by atoms with van der Waals surface area (Å²) < 4.78 is 0. The first-order valence-corrected chi connectivity index (χ1v) is 6.93. The van der Waals surface area contributed by atoms with E-state index in [-0.39, 0.29) is 23.8 Å². The van der Waals surface area contributed by atoms with E-state index in [0.29, 0.717) is 12.5 Å². The Labute approximate surface area is 107 Å². The maximum Gasteiger partial charge on any atom is 0.256 e. The average molecular weight is 249 g/mol. The Morgan fingerprint density at radius 1 is 1.11 bits per heavy atom. The van der Waals surface area contributed by atoms with Crippen molar-refractivity contribution in [3.05, 3.63) is 0 Å². The lowest BCUT2D eigenvalue weighted by Crippen LogP contribution is -2.37. The van der Waals surface area contributed by atoms with E-state index in [2.05, 4.69) is 10.2 Å². The minimum Gasteiger partial charge on any atom is -0.280 e. The van der Waals surface area contributed by atoms with E-state index < -0.39 is 6.04 Å². The Morgan fingerprint density at radius 2 is 1.83 bits per heavy atom. The van der Waals surface area contributed by atoms with Crippen LogP contribution in [0, 0.1) is 11.8 Å². The lowest BCUT2D eigenvalue weighted by Gasteiger charge is -2.26. The molecule has 1 saturated carbocycles. The molecule has 0 N–H and O–H groups in total. The standard InChI is InChI=1S/C13H19N3O2/c1-8-10-11(15-14-8)13(18)16(12(10)17)7-9-5-3-2-4-6-9/h8-11H,2-7H2,1H3/t8-,10+,11-/m0/s1. The van der Waals surface area contributed by atoms with Gasteiger partial charge in [0.25, 0.3) is 5.91 Å². The van der Waals surface area contributed by atoms with Crippen LogP contribution in [-0.2, 0) is 9.59 Å². The molecule has 0 aromatic carbocycles. The second-order valence-corrected chi connectivity index (χ2v) is 5.73. The summed E-state index contributed by atoms with van der Waals surface area (Å²) in [4.78, 5) is 25.9. The van der Waals surface area contributed by atoms with Gasteiger partial charge in [0.2, 0.25) is 5.91 Å². The number of hydrogen-bond acceptors (Lipinski definition) is 4. The van der Waals surface area contributed by atoms with Crippen molar-refractivity contribution in [3.8, 4) is 0 Å². The van der Waals surface area contributed by atoms with Crippen LogP contribution in [0.1, 0.15) is 39.0 Å². The van der Waals surface area contributed by atoms with Crippen LogP contribution in [-0.4, -0.2) is 35.3 Å². The van der Waals surface area contributed by atoms with Gasteiger partial charge in [-0.1, -0.05) is 19.3 Å². The number of likely N-dealkylation sites (tertiary alicyclic amines) is 1. The van der Waals surface area contributed by atoms with Crippen molar-refractivity contribution in [2.45, 2.75) is 51.1 Å². The van der Waals surface area contributed by atoms with Crippen LogP contribution in [0.5, 0.6) is 0 Å². The molecule has 5 heteroatoms. The summed E-state index contributed by atoms with van der Waals surface area (Å²) in [6.07, 6.45) is 6.02. The Balaban J connectivity index is 1.71. The fraction of sp³-hybridized carbons (Fsp3) is 0.846. The van der Waals surface area contributed by atoms with Gasteiger partial charge in [-0.05, 0) is 25.7 Å². The minimum atomic E-state index is -0.518. The first-order chi connectivity index (χ1) is 8.68. The number of hydrogen-bond donors (Lipinski definition) is 0. The van der Waals surface area contributed by atoms with Crippen molar-refractivity contribution >= 4 is 11.8 Å². The van der Waals surface area contributed by atoms with Gasteiger partial charge in [-0.25, -0.2) is 0 Å². The average Bonchev–Trinajstić information content (AvgIpc) is 2.87. The fourth-order valence-corrected chi connectivity index (χ4v) is 3.38. The van der Waals surface area contributed by atoms with E-state index in [9.17, 15) is 9.59 Å². The largest absolute Gasteiger partial charge is 0.280 e. The molecule has 0 radical (unpaired) electrons. The Morgan fingerprint density at radius 3 is 2.50 bits per heavy atom. The molecule has 0 unspecified atom stereocenters. The van der Waals surface area contributed by atoms with Crippen molar-refractivity contribution in [2.24, 2.45) is 22.1 Å². The predicted molar refractivity (Wildman–Crippen MR) is 64.9 cm³/mol. The third-order valence-electron chi connectivity index (χ3n) is 4.47. The molecule has 0 spiro atoms. The van der Waals surface area contributed by atoms with Gasteiger partial charge >= 0.3 is 0 Å². The van der Waals surface area contributed by atoms with Gasteiger partial charge in [-0.3, -0.25) is 14.5 Å². The monoisotopic (exact) mass is 249 g/mol. The third-order valence-corrected chi connectivity index (χ3v) is 4.47. The van der Waals surface area contributed by atoms with Crippen molar-refractivity contribution in [2.75, 3.05) is 6.54 Å². The molecule has 98 valence electrons.